The number of hydrogen-bond acceptors (Lipinski definition) is 3. The van der Waals surface area contributed by atoms with Crippen LogP contribution in [0.5, 0.6) is 0 Å². The Bertz CT molecular complexity index is 457. The maximum absolute atomic E-state index is 9.79. The monoisotopic (exact) mass is 285 g/mol. The number of nitrogens with zero attached hydrogens (tertiary/aromatic N) is 2. The van der Waals surface area contributed by atoms with Gasteiger partial charge in [-0.3, -0.25) is 5.32 Å². The molecular weight excluding hydrogens is 258 g/mol. The number of likely N-dealkylation sites (N-methyl/N-ethyl adjacent to an activating group) is 2. The molecule has 1 fully saturated rings. The highest BCUT2D eigenvalue weighted by atomic mass is 15.2. The van der Waals surface area contributed by atoms with Gasteiger partial charge in [-0.05, 0) is 32.5 Å². The lowest BCUT2D eigenvalue weighted by molar-refractivity contribution is 0.179. The summed E-state index contributed by atoms with van der Waals surface area (Å²) in [5.41, 5.74) is 0.429. The zero-order chi connectivity index (χ0) is 15.1. The molecule has 0 saturated heterocycles. The van der Waals surface area contributed by atoms with Gasteiger partial charge in [-0.1, -0.05) is 56.0 Å². The predicted octanol–water partition coefficient (Wildman–Crippen LogP) is 3.28. The number of benzene rings is 1. The van der Waals surface area contributed by atoms with Crippen molar-refractivity contribution in [3.8, 4) is 6.07 Å². The Balaban J connectivity index is 2.14. The maximum Gasteiger partial charge on any atom is 0.144 e. The molecule has 2 rings (SSSR count). The van der Waals surface area contributed by atoms with E-state index in [0.717, 1.165) is 12.1 Å². The minimum absolute atomic E-state index is 0.609. The Morgan fingerprint density at radius 2 is 1.81 bits per heavy atom. The van der Waals surface area contributed by atoms with Crippen LogP contribution in [0.2, 0.25) is 0 Å². The molecule has 0 bridgehead atoms. The van der Waals surface area contributed by atoms with Crippen molar-refractivity contribution in [3.05, 3.63) is 35.9 Å². The smallest absolute Gasteiger partial charge is 0.144 e. The molecule has 0 heterocycles. The molecule has 0 radical (unpaired) electrons. The SMILES string of the molecule is CNC(C#N)(CN(C)C1CCCCCC1)c1ccccc1. The van der Waals surface area contributed by atoms with Gasteiger partial charge in [0.1, 0.15) is 5.54 Å². The predicted molar refractivity (Wildman–Crippen MR) is 86.9 cm³/mol. The van der Waals surface area contributed by atoms with E-state index in [4.69, 9.17) is 0 Å². The van der Waals surface area contributed by atoms with Crippen molar-refractivity contribution in [3.63, 3.8) is 0 Å². The zero-order valence-electron chi connectivity index (χ0n) is 13.3. The fraction of sp³-hybridized carbons (Fsp3) is 0.611. The summed E-state index contributed by atoms with van der Waals surface area (Å²) in [5.74, 6) is 0. The third-order valence-electron chi connectivity index (χ3n) is 4.82. The summed E-state index contributed by atoms with van der Waals surface area (Å²) in [7, 11) is 4.06. The number of hydrogen-bond donors (Lipinski definition) is 1. The summed E-state index contributed by atoms with van der Waals surface area (Å²) >= 11 is 0. The molecule has 0 amide bonds. The minimum Gasteiger partial charge on any atom is -0.300 e. The van der Waals surface area contributed by atoms with Crippen molar-refractivity contribution in [2.45, 2.75) is 50.1 Å². The average molecular weight is 285 g/mol. The molecular formula is C18H27N3. The topological polar surface area (TPSA) is 39.1 Å². The van der Waals surface area contributed by atoms with Crippen LogP contribution in [0.3, 0.4) is 0 Å². The van der Waals surface area contributed by atoms with Crippen LogP contribution >= 0.6 is 0 Å². The molecule has 3 nitrogen and oxygen atoms in total. The van der Waals surface area contributed by atoms with Crippen molar-refractivity contribution in [1.29, 1.82) is 5.26 Å². The first kappa shape index (κ1) is 16.0. The fourth-order valence-electron chi connectivity index (χ4n) is 3.39. The van der Waals surface area contributed by atoms with Gasteiger partial charge in [-0.15, -0.1) is 0 Å². The van der Waals surface area contributed by atoms with Gasteiger partial charge >= 0.3 is 0 Å². The van der Waals surface area contributed by atoms with Crippen LogP contribution in [0.25, 0.3) is 0 Å². The largest absolute Gasteiger partial charge is 0.300 e. The molecule has 0 aromatic heterocycles. The standard InChI is InChI=1S/C18H27N3/c1-20-18(14-19,16-10-6-5-7-11-16)15-21(2)17-12-8-3-4-9-13-17/h5-7,10-11,17,20H,3-4,8-9,12-13,15H2,1-2H3. The second-order valence-corrected chi connectivity index (χ2v) is 6.19. The number of nitrogens with one attached hydrogen (secondary N) is 1. The third-order valence-corrected chi connectivity index (χ3v) is 4.82. The first-order chi connectivity index (χ1) is 10.2. The molecule has 1 N–H and O–H groups in total. The molecule has 1 aromatic carbocycles. The van der Waals surface area contributed by atoms with Crippen molar-refractivity contribution in [2.75, 3.05) is 20.6 Å². The van der Waals surface area contributed by atoms with E-state index in [-0.39, 0.29) is 0 Å². The fourth-order valence-corrected chi connectivity index (χ4v) is 3.39. The lowest BCUT2D eigenvalue weighted by Crippen LogP contribution is -2.50. The molecule has 0 aliphatic heterocycles. The van der Waals surface area contributed by atoms with Crippen LogP contribution in [0, 0.1) is 11.3 Å². The van der Waals surface area contributed by atoms with Gasteiger partial charge in [0.05, 0.1) is 6.07 Å². The molecule has 1 aromatic rings. The normalized spacial score (nSPS) is 19.7. The van der Waals surface area contributed by atoms with E-state index >= 15 is 0 Å². The molecule has 0 spiro atoms. The van der Waals surface area contributed by atoms with E-state index in [1.54, 1.807) is 0 Å². The second-order valence-electron chi connectivity index (χ2n) is 6.19. The van der Waals surface area contributed by atoms with Gasteiger partial charge < -0.3 is 4.90 Å². The Morgan fingerprint density at radius 1 is 1.19 bits per heavy atom. The molecule has 3 heteroatoms. The highest BCUT2D eigenvalue weighted by molar-refractivity contribution is 5.32. The van der Waals surface area contributed by atoms with Gasteiger partial charge in [0.25, 0.3) is 0 Å². The lowest BCUT2D eigenvalue weighted by Gasteiger charge is -2.35. The van der Waals surface area contributed by atoms with E-state index in [1.165, 1.54) is 38.5 Å². The lowest BCUT2D eigenvalue weighted by atomic mass is 9.90. The zero-order valence-corrected chi connectivity index (χ0v) is 13.3. The van der Waals surface area contributed by atoms with Crippen molar-refractivity contribution in [1.82, 2.24) is 10.2 Å². The van der Waals surface area contributed by atoms with Crippen LogP contribution in [-0.2, 0) is 5.54 Å². The first-order valence-electron chi connectivity index (χ1n) is 8.08. The summed E-state index contributed by atoms with van der Waals surface area (Å²) in [6, 6.07) is 13.2. The van der Waals surface area contributed by atoms with Crippen LogP contribution in [-0.4, -0.2) is 31.6 Å². The van der Waals surface area contributed by atoms with Gasteiger partial charge in [0.15, 0.2) is 0 Å². The summed E-state index contributed by atoms with van der Waals surface area (Å²) in [5, 5.41) is 13.1. The molecule has 1 saturated carbocycles. The Morgan fingerprint density at radius 3 is 2.33 bits per heavy atom. The molecule has 1 atom stereocenters. The Kier molecular flexibility index (Phi) is 5.78. The van der Waals surface area contributed by atoms with Crippen molar-refractivity contribution >= 4 is 0 Å². The highest BCUT2D eigenvalue weighted by Crippen LogP contribution is 2.26. The minimum atomic E-state index is -0.623. The maximum atomic E-state index is 9.79. The second kappa shape index (κ2) is 7.59. The van der Waals surface area contributed by atoms with E-state index in [2.05, 4.69) is 23.3 Å². The first-order valence-corrected chi connectivity index (χ1v) is 8.08. The van der Waals surface area contributed by atoms with Crippen molar-refractivity contribution in [2.24, 2.45) is 0 Å². The van der Waals surface area contributed by atoms with E-state index in [1.807, 2.05) is 37.4 Å². The molecule has 1 aliphatic rings. The van der Waals surface area contributed by atoms with Gasteiger partial charge in [-0.25, -0.2) is 0 Å². The van der Waals surface area contributed by atoms with Crippen molar-refractivity contribution < 1.29 is 0 Å². The molecule has 114 valence electrons. The summed E-state index contributed by atoms with van der Waals surface area (Å²) in [6.07, 6.45) is 7.88. The quantitative estimate of drug-likeness (QED) is 0.844. The van der Waals surface area contributed by atoms with Gasteiger partial charge in [-0.2, -0.15) is 5.26 Å². The van der Waals surface area contributed by atoms with E-state index in [0.29, 0.717) is 6.04 Å². The number of rotatable bonds is 5. The van der Waals surface area contributed by atoms with Gasteiger partial charge in [0, 0.05) is 12.6 Å². The average Bonchev–Trinajstić information content (AvgIpc) is 2.83. The van der Waals surface area contributed by atoms with Crippen LogP contribution in [0.4, 0.5) is 0 Å². The van der Waals surface area contributed by atoms with Crippen LogP contribution in [0.1, 0.15) is 44.1 Å². The molecule has 1 unspecified atom stereocenters. The molecule has 21 heavy (non-hydrogen) atoms. The third kappa shape index (κ3) is 3.84. The van der Waals surface area contributed by atoms with E-state index in [9.17, 15) is 5.26 Å². The summed E-state index contributed by atoms with van der Waals surface area (Å²) < 4.78 is 0. The van der Waals surface area contributed by atoms with Crippen LogP contribution in [0.15, 0.2) is 30.3 Å². The number of nitriles is 1. The Labute approximate surface area is 129 Å². The Hall–Kier alpha value is -1.37. The van der Waals surface area contributed by atoms with Gasteiger partial charge in [0.2, 0.25) is 0 Å². The highest BCUT2D eigenvalue weighted by Gasteiger charge is 2.33. The summed E-state index contributed by atoms with van der Waals surface area (Å²) in [6.45, 7) is 0.731. The van der Waals surface area contributed by atoms with Crippen LogP contribution < -0.4 is 5.32 Å². The molecule has 1 aliphatic carbocycles. The summed E-state index contributed by atoms with van der Waals surface area (Å²) in [4.78, 5) is 2.39. The van der Waals surface area contributed by atoms with E-state index < -0.39 is 5.54 Å².